The molecule has 6 nitrogen and oxygen atoms in total. The van der Waals surface area contributed by atoms with Crippen molar-refractivity contribution in [3.8, 4) is 17.2 Å². The molecule has 1 aliphatic rings. The highest BCUT2D eigenvalue weighted by molar-refractivity contribution is 6.33. The number of amides is 1. The highest BCUT2D eigenvalue weighted by Gasteiger charge is 2.32. The Morgan fingerprint density at radius 3 is 2.42 bits per heavy atom. The Morgan fingerprint density at radius 2 is 1.74 bits per heavy atom. The summed E-state index contributed by atoms with van der Waals surface area (Å²) in [5.41, 5.74) is 3.51. The first-order chi connectivity index (χ1) is 15.0. The first-order valence-corrected chi connectivity index (χ1v) is 9.73. The zero-order valence-corrected chi connectivity index (χ0v) is 17.5. The highest BCUT2D eigenvalue weighted by atomic mass is 16.5. The summed E-state index contributed by atoms with van der Waals surface area (Å²) >= 11 is 0. The molecular formula is C25H22N2O4. The molecule has 0 atom stereocenters. The van der Waals surface area contributed by atoms with Gasteiger partial charge in [-0.1, -0.05) is 23.8 Å². The predicted molar refractivity (Wildman–Crippen MR) is 121 cm³/mol. The number of aliphatic imine (C=N–C) groups is 1. The molecule has 0 spiro atoms. The number of phenolic OH excluding ortho intramolecular Hbond substituents is 1. The summed E-state index contributed by atoms with van der Waals surface area (Å²) < 4.78 is 10.7. The van der Waals surface area contributed by atoms with E-state index in [1.165, 1.54) is 0 Å². The molecule has 0 fully saturated rings. The maximum atomic E-state index is 13.4. The number of benzene rings is 3. The number of rotatable bonds is 5. The number of aryl methyl sites for hydroxylation is 1. The first kappa shape index (κ1) is 20.2. The van der Waals surface area contributed by atoms with E-state index in [0.29, 0.717) is 28.6 Å². The van der Waals surface area contributed by atoms with Gasteiger partial charge in [-0.2, -0.15) is 0 Å². The van der Waals surface area contributed by atoms with Crippen LogP contribution in [-0.2, 0) is 4.79 Å². The number of amidine groups is 1. The summed E-state index contributed by atoms with van der Waals surface area (Å²) in [5.74, 6) is 1.63. The highest BCUT2D eigenvalue weighted by Crippen LogP contribution is 2.32. The van der Waals surface area contributed by atoms with Gasteiger partial charge in [0, 0.05) is 17.2 Å². The van der Waals surface area contributed by atoms with E-state index in [1.807, 2.05) is 37.3 Å². The number of aromatic hydroxyl groups is 1. The standard InChI is InChI=1S/C25H22N2O4/c1-16-5-4-6-18(13-16)24-26-22(14-17-7-12-21(30-2)15-23(17)31-3)25(29)27(24)19-8-10-20(28)11-9-19/h4-15,28H,1-3H3/b22-14+. The molecule has 1 heterocycles. The molecule has 0 aliphatic carbocycles. The molecule has 0 bridgehead atoms. The Bertz CT molecular complexity index is 1200. The quantitative estimate of drug-likeness (QED) is 0.622. The van der Waals surface area contributed by atoms with Gasteiger partial charge in [0.15, 0.2) is 0 Å². The molecule has 3 aromatic rings. The number of hydrogen-bond acceptors (Lipinski definition) is 5. The minimum absolute atomic E-state index is 0.128. The Balaban J connectivity index is 1.83. The molecule has 0 radical (unpaired) electrons. The monoisotopic (exact) mass is 414 g/mol. The van der Waals surface area contributed by atoms with Crippen molar-refractivity contribution in [3.05, 3.63) is 89.1 Å². The van der Waals surface area contributed by atoms with Crippen molar-refractivity contribution in [1.29, 1.82) is 0 Å². The lowest BCUT2D eigenvalue weighted by Crippen LogP contribution is -2.32. The van der Waals surface area contributed by atoms with Crippen LogP contribution in [0, 0.1) is 6.92 Å². The smallest absolute Gasteiger partial charge is 0.282 e. The molecular weight excluding hydrogens is 392 g/mol. The second-order valence-electron chi connectivity index (χ2n) is 7.10. The molecule has 6 heteroatoms. The molecule has 1 aliphatic heterocycles. The molecule has 1 N–H and O–H groups in total. The molecule has 0 saturated heterocycles. The fraction of sp³-hybridized carbons (Fsp3) is 0.120. The lowest BCUT2D eigenvalue weighted by molar-refractivity contribution is -0.113. The predicted octanol–water partition coefficient (Wildman–Crippen LogP) is 4.55. The molecule has 156 valence electrons. The van der Waals surface area contributed by atoms with Crippen LogP contribution in [0.1, 0.15) is 16.7 Å². The molecule has 4 rings (SSSR count). The molecule has 3 aromatic carbocycles. The van der Waals surface area contributed by atoms with Crippen molar-refractivity contribution >= 4 is 23.5 Å². The summed E-state index contributed by atoms with van der Waals surface area (Å²) in [5, 5.41) is 9.66. The number of carbonyl (C=O) groups excluding carboxylic acids is 1. The number of nitrogens with zero attached hydrogens (tertiary/aromatic N) is 2. The van der Waals surface area contributed by atoms with Crippen LogP contribution in [0.5, 0.6) is 17.2 Å². The number of hydrogen-bond donors (Lipinski definition) is 1. The Morgan fingerprint density at radius 1 is 0.968 bits per heavy atom. The SMILES string of the molecule is COc1ccc(/C=C2/N=C(c3cccc(C)c3)N(c3ccc(O)cc3)C2=O)c(OC)c1. The summed E-state index contributed by atoms with van der Waals surface area (Å²) in [6.07, 6.45) is 1.71. The van der Waals surface area contributed by atoms with E-state index in [1.54, 1.807) is 61.6 Å². The van der Waals surface area contributed by atoms with Crippen LogP contribution in [0.15, 0.2) is 77.4 Å². The maximum Gasteiger partial charge on any atom is 0.282 e. The summed E-state index contributed by atoms with van der Waals surface area (Å²) in [4.78, 5) is 19.6. The second kappa shape index (κ2) is 8.36. The number of methoxy groups -OCH3 is 2. The topological polar surface area (TPSA) is 71.4 Å². The fourth-order valence-corrected chi connectivity index (χ4v) is 3.42. The Kier molecular flexibility index (Phi) is 5.45. The van der Waals surface area contributed by atoms with Crippen molar-refractivity contribution in [2.45, 2.75) is 6.92 Å². The van der Waals surface area contributed by atoms with E-state index < -0.39 is 0 Å². The molecule has 1 amide bonds. The van der Waals surface area contributed by atoms with Crippen LogP contribution in [0.2, 0.25) is 0 Å². The van der Waals surface area contributed by atoms with Crippen LogP contribution in [0.25, 0.3) is 6.08 Å². The van der Waals surface area contributed by atoms with Crippen LogP contribution in [0.4, 0.5) is 5.69 Å². The minimum atomic E-state index is -0.264. The Hall–Kier alpha value is -4.06. The van der Waals surface area contributed by atoms with Crippen molar-refractivity contribution in [2.24, 2.45) is 4.99 Å². The van der Waals surface area contributed by atoms with E-state index in [2.05, 4.69) is 4.99 Å². The zero-order chi connectivity index (χ0) is 22.0. The van der Waals surface area contributed by atoms with E-state index in [0.717, 1.165) is 11.1 Å². The summed E-state index contributed by atoms with van der Waals surface area (Å²) in [6.45, 7) is 1.99. The third kappa shape index (κ3) is 4.00. The Labute approximate surface area is 180 Å². The summed E-state index contributed by atoms with van der Waals surface area (Å²) in [7, 11) is 3.15. The number of carbonyl (C=O) groups is 1. The fourth-order valence-electron chi connectivity index (χ4n) is 3.42. The van der Waals surface area contributed by atoms with Gasteiger partial charge in [0.25, 0.3) is 5.91 Å². The second-order valence-corrected chi connectivity index (χ2v) is 7.10. The van der Waals surface area contributed by atoms with Gasteiger partial charge in [0.2, 0.25) is 0 Å². The van der Waals surface area contributed by atoms with Gasteiger partial charge >= 0.3 is 0 Å². The van der Waals surface area contributed by atoms with Gasteiger partial charge in [0.1, 0.15) is 28.8 Å². The number of ether oxygens (including phenoxy) is 2. The van der Waals surface area contributed by atoms with Crippen LogP contribution < -0.4 is 14.4 Å². The van der Waals surface area contributed by atoms with Crippen LogP contribution in [-0.4, -0.2) is 31.1 Å². The molecule has 0 unspecified atom stereocenters. The number of anilines is 1. The maximum absolute atomic E-state index is 13.4. The van der Waals surface area contributed by atoms with E-state index in [9.17, 15) is 9.90 Å². The van der Waals surface area contributed by atoms with Crippen molar-refractivity contribution < 1.29 is 19.4 Å². The van der Waals surface area contributed by atoms with Crippen molar-refractivity contribution in [1.82, 2.24) is 0 Å². The average Bonchev–Trinajstić information content (AvgIpc) is 3.10. The third-order valence-electron chi connectivity index (χ3n) is 4.98. The normalized spacial score (nSPS) is 14.7. The van der Waals surface area contributed by atoms with Crippen LogP contribution >= 0.6 is 0 Å². The van der Waals surface area contributed by atoms with Gasteiger partial charge in [-0.3, -0.25) is 9.69 Å². The minimum Gasteiger partial charge on any atom is -0.508 e. The van der Waals surface area contributed by atoms with Crippen molar-refractivity contribution in [3.63, 3.8) is 0 Å². The van der Waals surface area contributed by atoms with Gasteiger partial charge in [-0.25, -0.2) is 4.99 Å². The van der Waals surface area contributed by atoms with Crippen molar-refractivity contribution in [2.75, 3.05) is 19.1 Å². The molecule has 0 saturated carbocycles. The third-order valence-corrected chi connectivity index (χ3v) is 4.98. The average molecular weight is 414 g/mol. The van der Waals surface area contributed by atoms with E-state index in [-0.39, 0.29) is 17.4 Å². The van der Waals surface area contributed by atoms with Gasteiger partial charge < -0.3 is 14.6 Å². The first-order valence-electron chi connectivity index (χ1n) is 9.73. The lowest BCUT2D eigenvalue weighted by atomic mass is 10.1. The summed E-state index contributed by atoms with van der Waals surface area (Å²) in [6, 6.07) is 19.7. The van der Waals surface area contributed by atoms with E-state index >= 15 is 0 Å². The number of phenols is 1. The van der Waals surface area contributed by atoms with E-state index in [4.69, 9.17) is 9.47 Å². The van der Waals surface area contributed by atoms with Crippen LogP contribution in [0.3, 0.4) is 0 Å². The largest absolute Gasteiger partial charge is 0.508 e. The van der Waals surface area contributed by atoms with Gasteiger partial charge in [-0.15, -0.1) is 0 Å². The lowest BCUT2D eigenvalue weighted by Gasteiger charge is -2.19. The zero-order valence-electron chi connectivity index (χ0n) is 17.5. The molecule has 0 aromatic heterocycles. The molecule has 31 heavy (non-hydrogen) atoms. The van der Waals surface area contributed by atoms with Gasteiger partial charge in [-0.05, 0) is 55.5 Å². The van der Waals surface area contributed by atoms with Gasteiger partial charge in [0.05, 0.1) is 19.9 Å².